The number of hydrogen-bond acceptors (Lipinski definition) is 3. The quantitative estimate of drug-likeness (QED) is 0.748. The van der Waals surface area contributed by atoms with Gasteiger partial charge in [0, 0.05) is 19.3 Å². The van der Waals surface area contributed by atoms with Crippen LogP contribution in [0.2, 0.25) is 0 Å². The number of rotatable bonds is 2. The average molecular weight is 212 g/mol. The monoisotopic (exact) mass is 212 g/mol. The maximum atomic E-state index is 5.71. The van der Waals surface area contributed by atoms with Crippen LogP contribution in [0.15, 0.2) is 0 Å². The van der Waals surface area contributed by atoms with Gasteiger partial charge >= 0.3 is 0 Å². The fraction of sp³-hybridized carbons (Fsp3) is 1.00. The molecule has 0 aromatic carbocycles. The number of nitrogens with zero attached hydrogens (tertiary/aromatic N) is 1. The van der Waals surface area contributed by atoms with Gasteiger partial charge in [-0.2, -0.15) is 0 Å². The predicted octanol–water partition coefficient (Wildman–Crippen LogP) is 1.23. The maximum Gasteiger partial charge on any atom is 0.0480 e. The summed E-state index contributed by atoms with van der Waals surface area (Å²) in [6.45, 7) is 5.32. The van der Waals surface area contributed by atoms with E-state index >= 15 is 0 Å². The lowest BCUT2D eigenvalue weighted by Gasteiger charge is -2.36. The van der Waals surface area contributed by atoms with E-state index in [0.717, 1.165) is 31.7 Å². The first-order valence-electron chi connectivity index (χ1n) is 6.42. The van der Waals surface area contributed by atoms with Crippen molar-refractivity contribution in [2.45, 2.75) is 38.1 Å². The van der Waals surface area contributed by atoms with Crippen LogP contribution in [0.3, 0.4) is 0 Å². The number of hydrogen-bond donors (Lipinski definition) is 1. The molecule has 3 nitrogen and oxygen atoms in total. The molecule has 2 saturated heterocycles. The number of ether oxygens (including phenoxy) is 1. The van der Waals surface area contributed by atoms with Crippen LogP contribution in [-0.4, -0.2) is 43.8 Å². The van der Waals surface area contributed by atoms with Crippen LogP contribution in [0, 0.1) is 5.92 Å². The van der Waals surface area contributed by atoms with Crippen LogP contribution in [0.1, 0.15) is 32.1 Å². The summed E-state index contributed by atoms with van der Waals surface area (Å²) in [6, 6.07) is 0.784. The van der Waals surface area contributed by atoms with E-state index in [1.165, 1.54) is 45.2 Å². The van der Waals surface area contributed by atoms with Gasteiger partial charge in [-0.05, 0) is 57.7 Å². The smallest absolute Gasteiger partial charge is 0.0480 e. The minimum Gasteiger partial charge on any atom is -0.381 e. The third kappa shape index (κ3) is 3.16. The Bertz CT molecular complexity index is 170. The lowest BCUT2D eigenvalue weighted by atomic mass is 9.94. The number of piperidine rings is 1. The van der Waals surface area contributed by atoms with Gasteiger partial charge in [0.1, 0.15) is 0 Å². The molecule has 0 spiro atoms. The normalized spacial score (nSPS) is 31.4. The van der Waals surface area contributed by atoms with Crippen LogP contribution in [-0.2, 0) is 4.74 Å². The van der Waals surface area contributed by atoms with Crippen molar-refractivity contribution >= 4 is 0 Å². The SMILES string of the molecule is NCC1CCN(C2CCCOCC2)CC1. The molecular weight excluding hydrogens is 188 g/mol. The van der Waals surface area contributed by atoms with Gasteiger partial charge in [-0.15, -0.1) is 0 Å². The lowest BCUT2D eigenvalue weighted by Crippen LogP contribution is -2.42. The van der Waals surface area contributed by atoms with Crippen LogP contribution in [0.4, 0.5) is 0 Å². The molecule has 0 radical (unpaired) electrons. The highest BCUT2D eigenvalue weighted by Crippen LogP contribution is 2.22. The fourth-order valence-electron chi connectivity index (χ4n) is 2.81. The Morgan fingerprint density at radius 1 is 1.07 bits per heavy atom. The summed E-state index contributed by atoms with van der Waals surface area (Å²) in [4.78, 5) is 2.67. The van der Waals surface area contributed by atoms with Crippen molar-refractivity contribution < 1.29 is 4.74 Å². The van der Waals surface area contributed by atoms with E-state index in [4.69, 9.17) is 10.5 Å². The highest BCUT2D eigenvalue weighted by Gasteiger charge is 2.24. The Morgan fingerprint density at radius 2 is 1.87 bits per heavy atom. The van der Waals surface area contributed by atoms with Gasteiger partial charge in [0.25, 0.3) is 0 Å². The Kier molecular flexibility index (Phi) is 4.42. The number of nitrogens with two attached hydrogens (primary N) is 1. The minimum absolute atomic E-state index is 0.781. The van der Waals surface area contributed by atoms with Gasteiger partial charge in [0.05, 0.1) is 0 Å². The summed E-state index contributed by atoms with van der Waals surface area (Å²) in [5.41, 5.74) is 5.71. The molecule has 3 heteroatoms. The largest absolute Gasteiger partial charge is 0.381 e. The minimum atomic E-state index is 0.781. The fourth-order valence-corrected chi connectivity index (χ4v) is 2.81. The lowest BCUT2D eigenvalue weighted by molar-refractivity contribution is 0.107. The van der Waals surface area contributed by atoms with Gasteiger partial charge in [-0.1, -0.05) is 0 Å². The van der Waals surface area contributed by atoms with Crippen molar-refractivity contribution in [1.82, 2.24) is 4.90 Å². The molecule has 1 atom stereocenters. The topological polar surface area (TPSA) is 38.5 Å². The molecule has 2 rings (SSSR count). The standard InChI is InChI=1S/C12H24N2O/c13-10-11-3-6-14(7-4-11)12-2-1-8-15-9-5-12/h11-12H,1-10,13H2. The molecule has 88 valence electrons. The van der Waals surface area contributed by atoms with E-state index < -0.39 is 0 Å². The van der Waals surface area contributed by atoms with Crippen molar-refractivity contribution in [3.05, 3.63) is 0 Å². The molecule has 2 heterocycles. The van der Waals surface area contributed by atoms with Crippen molar-refractivity contribution in [3.8, 4) is 0 Å². The Balaban J connectivity index is 1.78. The van der Waals surface area contributed by atoms with Crippen molar-refractivity contribution in [2.24, 2.45) is 11.7 Å². The molecule has 0 bridgehead atoms. The molecule has 2 aliphatic heterocycles. The molecule has 2 fully saturated rings. The van der Waals surface area contributed by atoms with E-state index in [-0.39, 0.29) is 0 Å². The molecule has 2 aliphatic rings. The molecule has 0 saturated carbocycles. The first-order valence-corrected chi connectivity index (χ1v) is 6.42. The second kappa shape index (κ2) is 5.83. The average Bonchev–Trinajstić information content (AvgIpc) is 2.58. The van der Waals surface area contributed by atoms with E-state index in [9.17, 15) is 0 Å². The van der Waals surface area contributed by atoms with E-state index in [2.05, 4.69) is 4.90 Å². The molecule has 1 unspecified atom stereocenters. The first kappa shape index (κ1) is 11.4. The van der Waals surface area contributed by atoms with Crippen LogP contribution >= 0.6 is 0 Å². The van der Waals surface area contributed by atoms with Gasteiger partial charge in [0.2, 0.25) is 0 Å². The molecule has 2 N–H and O–H groups in total. The van der Waals surface area contributed by atoms with Crippen LogP contribution in [0.5, 0.6) is 0 Å². The molecule has 0 aromatic heterocycles. The van der Waals surface area contributed by atoms with Gasteiger partial charge in [-0.25, -0.2) is 0 Å². The highest BCUT2D eigenvalue weighted by atomic mass is 16.5. The molecule has 0 aromatic rings. The zero-order chi connectivity index (χ0) is 10.5. The Morgan fingerprint density at radius 3 is 2.60 bits per heavy atom. The Labute approximate surface area is 93.0 Å². The van der Waals surface area contributed by atoms with Gasteiger partial charge in [-0.3, -0.25) is 0 Å². The van der Waals surface area contributed by atoms with Crippen molar-refractivity contribution in [1.29, 1.82) is 0 Å². The van der Waals surface area contributed by atoms with Crippen molar-refractivity contribution in [3.63, 3.8) is 0 Å². The van der Waals surface area contributed by atoms with Crippen LogP contribution < -0.4 is 5.73 Å². The summed E-state index contributed by atoms with van der Waals surface area (Å²) in [6.07, 6.45) is 6.39. The summed E-state index contributed by atoms with van der Waals surface area (Å²) < 4.78 is 5.51. The third-order valence-corrected chi connectivity index (χ3v) is 3.92. The summed E-state index contributed by atoms with van der Waals surface area (Å²) in [5, 5.41) is 0. The predicted molar refractivity (Wildman–Crippen MR) is 61.8 cm³/mol. The Hall–Kier alpha value is -0.120. The first-order chi connectivity index (χ1) is 7.40. The third-order valence-electron chi connectivity index (χ3n) is 3.92. The molecule has 15 heavy (non-hydrogen) atoms. The summed E-state index contributed by atoms with van der Waals surface area (Å²) in [5.74, 6) is 0.781. The van der Waals surface area contributed by atoms with E-state index in [0.29, 0.717) is 0 Å². The van der Waals surface area contributed by atoms with E-state index in [1.54, 1.807) is 0 Å². The second-order valence-electron chi connectivity index (χ2n) is 4.91. The summed E-state index contributed by atoms with van der Waals surface area (Å²) >= 11 is 0. The summed E-state index contributed by atoms with van der Waals surface area (Å²) in [7, 11) is 0. The number of likely N-dealkylation sites (tertiary alicyclic amines) is 1. The molecular formula is C12H24N2O. The molecule has 0 amide bonds. The highest BCUT2D eigenvalue weighted by molar-refractivity contribution is 4.79. The van der Waals surface area contributed by atoms with Gasteiger partial charge < -0.3 is 15.4 Å². The van der Waals surface area contributed by atoms with E-state index in [1.807, 2.05) is 0 Å². The molecule has 0 aliphatic carbocycles. The zero-order valence-electron chi connectivity index (χ0n) is 9.66. The second-order valence-corrected chi connectivity index (χ2v) is 4.91. The van der Waals surface area contributed by atoms with Crippen molar-refractivity contribution in [2.75, 3.05) is 32.8 Å². The zero-order valence-corrected chi connectivity index (χ0v) is 9.66. The maximum absolute atomic E-state index is 5.71. The van der Waals surface area contributed by atoms with Crippen LogP contribution in [0.25, 0.3) is 0 Å². The van der Waals surface area contributed by atoms with Gasteiger partial charge in [0.15, 0.2) is 0 Å².